The van der Waals surface area contributed by atoms with Gasteiger partial charge in [-0.2, -0.15) is 4.72 Å². The maximum Gasteiger partial charge on any atom is 0.321 e. The Balaban J connectivity index is 1.92. The van der Waals surface area contributed by atoms with Crippen LogP contribution in [0.15, 0.2) is 53.4 Å². The molecule has 8 heteroatoms. The topological polar surface area (TPSA) is 89.5 Å². The predicted molar refractivity (Wildman–Crippen MR) is 97.3 cm³/mol. The number of ketones is 1. The van der Waals surface area contributed by atoms with E-state index in [0.29, 0.717) is 5.56 Å². The molecule has 6 nitrogen and oxygen atoms in total. The Hall–Kier alpha value is -2.58. The van der Waals surface area contributed by atoms with Gasteiger partial charge in [0.2, 0.25) is 15.8 Å². The van der Waals surface area contributed by atoms with E-state index in [1.165, 1.54) is 6.92 Å². The molecular weight excluding hydrogens is 373 g/mol. The zero-order valence-electron chi connectivity index (χ0n) is 14.9. The summed E-state index contributed by atoms with van der Waals surface area (Å²) in [5, 5.41) is 0. The number of aryl methyl sites for hydroxylation is 1. The third-order valence-electron chi connectivity index (χ3n) is 3.85. The zero-order chi connectivity index (χ0) is 20.0. The van der Waals surface area contributed by atoms with Crippen LogP contribution in [-0.4, -0.2) is 32.8 Å². The molecule has 1 atom stereocenters. The Morgan fingerprint density at radius 1 is 1.07 bits per heavy atom. The molecule has 0 fully saturated rings. The second-order valence-corrected chi connectivity index (χ2v) is 7.59. The van der Waals surface area contributed by atoms with Gasteiger partial charge in [0.05, 0.1) is 4.90 Å². The molecule has 0 aliphatic carbocycles. The van der Waals surface area contributed by atoms with E-state index in [-0.39, 0.29) is 10.7 Å². The van der Waals surface area contributed by atoms with E-state index in [2.05, 4.69) is 4.72 Å². The Morgan fingerprint density at radius 3 is 2.22 bits per heavy atom. The predicted octanol–water partition coefficient (Wildman–Crippen LogP) is 2.48. The molecule has 0 aromatic heterocycles. The molecule has 2 rings (SSSR count). The number of benzene rings is 2. The molecule has 1 N–H and O–H groups in total. The lowest BCUT2D eigenvalue weighted by molar-refractivity contribution is -0.144. The highest BCUT2D eigenvalue weighted by Crippen LogP contribution is 2.11. The second-order valence-electron chi connectivity index (χ2n) is 5.83. The monoisotopic (exact) mass is 393 g/mol. The molecule has 0 spiro atoms. The molecule has 144 valence electrons. The summed E-state index contributed by atoms with van der Waals surface area (Å²) < 4.78 is 44.0. The van der Waals surface area contributed by atoms with Gasteiger partial charge >= 0.3 is 5.97 Å². The molecule has 0 aliphatic heterocycles. The molecule has 27 heavy (non-hydrogen) atoms. The van der Waals surface area contributed by atoms with Crippen LogP contribution in [0.1, 0.15) is 29.8 Å². The number of carbonyl (C=O) groups is 2. The van der Waals surface area contributed by atoms with Crippen molar-refractivity contribution < 1.29 is 27.1 Å². The van der Waals surface area contributed by atoms with Crippen molar-refractivity contribution in [3.05, 3.63) is 65.5 Å². The van der Waals surface area contributed by atoms with Crippen molar-refractivity contribution >= 4 is 21.8 Å². The van der Waals surface area contributed by atoms with Gasteiger partial charge in [0.15, 0.2) is 6.10 Å². The summed E-state index contributed by atoms with van der Waals surface area (Å²) in [6.07, 6.45) is -0.215. The molecule has 0 amide bonds. The molecule has 0 saturated carbocycles. The number of nitrogens with one attached hydrogen (secondary N) is 1. The number of hydrogen-bond donors (Lipinski definition) is 1. The van der Waals surface area contributed by atoms with E-state index >= 15 is 0 Å². The molecule has 0 bridgehead atoms. The summed E-state index contributed by atoms with van der Waals surface area (Å²) >= 11 is 0. The van der Waals surface area contributed by atoms with Crippen LogP contribution in [0.3, 0.4) is 0 Å². The number of carbonyl (C=O) groups excluding carboxylic acids is 2. The fourth-order valence-corrected chi connectivity index (χ4v) is 3.25. The van der Waals surface area contributed by atoms with E-state index in [1.807, 2.05) is 19.1 Å². The van der Waals surface area contributed by atoms with Crippen molar-refractivity contribution in [3.8, 4) is 0 Å². The highest BCUT2D eigenvalue weighted by molar-refractivity contribution is 7.89. The normalized spacial score (nSPS) is 12.4. The standard InChI is InChI=1S/C19H20FNO5S/c1-3-14-4-6-15(7-5-14)19(23)13(2)26-18(22)12-21-27(24,25)17-10-8-16(20)9-11-17/h4-11,13,21H,3,12H2,1-2H3/t13-/m0/s1. The largest absolute Gasteiger partial charge is 0.453 e. The Morgan fingerprint density at radius 2 is 1.67 bits per heavy atom. The minimum Gasteiger partial charge on any atom is -0.453 e. The summed E-state index contributed by atoms with van der Waals surface area (Å²) in [6, 6.07) is 11.1. The van der Waals surface area contributed by atoms with Gasteiger partial charge in [-0.25, -0.2) is 12.8 Å². The Bertz CT molecular complexity index is 908. The molecule has 0 saturated heterocycles. The van der Waals surface area contributed by atoms with E-state index in [1.54, 1.807) is 12.1 Å². The SMILES string of the molecule is CCc1ccc(C(=O)[C@H](C)OC(=O)CNS(=O)(=O)c2ccc(F)cc2)cc1. The molecular formula is C19H20FNO5S. The number of hydrogen-bond acceptors (Lipinski definition) is 5. The van der Waals surface area contributed by atoms with Crippen LogP contribution >= 0.6 is 0 Å². The highest BCUT2D eigenvalue weighted by atomic mass is 32.2. The average Bonchev–Trinajstić information content (AvgIpc) is 2.66. The first kappa shape index (κ1) is 20.7. The number of rotatable bonds is 8. The lowest BCUT2D eigenvalue weighted by Crippen LogP contribution is -2.34. The van der Waals surface area contributed by atoms with Crippen LogP contribution in [0.5, 0.6) is 0 Å². The summed E-state index contributed by atoms with van der Waals surface area (Å²) in [6.45, 7) is 2.77. The van der Waals surface area contributed by atoms with Gasteiger partial charge in [0.1, 0.15) is 12.4 Å². The molecule has 2 aromatic carbocycles. The molecule has 0 radical (unpaired) electrons. The minimum absolute atomic E-state index is 0.183. The van der Waals surface area contributed by atoms with Gasteiger partial charge in [-0.3, -0.25) is 9.59 Å². The van der Waals surface area contributed by atoms with Crippen molar-refractivity contribution in [1.82, 2.24) is 4.72 Å². The average molecular weight is 393 g/mol. The first-order valence-corrected chi connectivity index (χ1v) is 9.79. The van der Waals surface area contributed by atoms with Crippen LogP contribution in [0.4, 0.5) is 4.39 Å². The molecule has 0 aliphatic rings. The van der Waals surface area contributed by atoms with Crippen LogP contribution in [0.25, 0.3) is 0 Å². The van der Waals surface area contributed by atoms with Gasteiger partial charge in [-0.15, -0.1) is 0 Å². The van der Waals surface area contributed by atoms with Crippen LogP contribution in [0, 0.1) is 5.82 Å². The third kappa shape index (κ3) is 5.70. The zero-order valence-corrected chi connectivity index (χ0v) is 15.8. The highest BCUT2D eigenvalue weighted by Gasteiger charge is 2.21. The third-order valence-corrected chi connectivity index (χ3v) is 5.27. The smallest absolute Gasteiger partial charge is 0.321 e. The summed E-state index contributed by atoms with van der Waals surface area (Å²) in [5.41, 5.74) is 1.48. The number of ether oxygens (including phenoxy) is 1. The van der Waals surface area contributed by atoms with E-state index in [9.17, 15) is 22.4 Å². The summed E-state index contributed by atoms with van der Waals surface area (Å²) in [4.78, 5) is 24.0. The number of halogens is 1. The maximum atomic E-state index is 12.9. The molecule has 2 aromatic rings. The maximum absolute atomic E-state index is 12.9. The van der Waals surface area contributed by atoms with Crippen molar-refractivity contribution in [3.63, 3.8) is 0 Å². The fourth-order valence-electron chi connectivity index (χ4n) is 2.28. The van der Waals surface area contributed by atoms with E-state index in [4.69, 9.17) is 4.74 Å². The van der Waals surface area contributed by atoms with Gasteiger partial charge in [-0.1, -0.05) is 31.2 Å². The van der Waals surface area contributed by atoms with E-state index in [0.717, 1.165) is 36.2 Å². The summed E-state index contributed by atoms with van der Waals surface area (Å²) in [5.74, 6) is -1.85. The number of sulfonamides is 1. The Kier molecular flexibility index (Phi) is 6.81. The minimum atomic E-state index is -3.99. The first-order valence-electron chi connectivity index (χ1n) is 8.31. The lowest BCUT2D eigenvalue weighted by Gasteiger charge is -2.13. The van der Waals surface area contributed by atoms with Crippen molar-refractivity contribution in [1.29, 1.82) is 0 Å². The van der Waals surface area contributed by atoms with Crippen LogP contribution in [-0.2, 0) is 26.0 Å². The van der Waals surface area contributed by atoms with Gasteiger partial charge in [0.25, 0.3) is 0 Å². The Labute approximate surface area is 157 Å². The second kappa shape index (κ2) is 8.88. The quantitative estimate of drug-likeness (QED) is 0.550. The number of Topliss-reactive ketones (excluding diaryl/α,β-unsaturated/α-hetero) is 1. The lowest BCUT2D eigenvalue weighted by atomic mass is 10.0. The first-order chi connectivity index (χ1) is 12.7. The molecule has 0 unspecified atom stereocenters. The number of esters is 1. The summed E-state index contributed by atoms with van der Waals surface area (Å²) in [7, 11) is -3.99. The van der Waals surface area contributed by atoms with Gasteiger partial charge in [0, 0.05) is 5.56 Å². The van der Waals surface area contributed by atoms with Crippen LogP contribution in [0.2, 0.25) is 0 Å². The van der Waals surface area contributed by atoms with Crippen molar-refractivity contribution in [2.45, 2.75) is 31.3 Å². The van der Waals surface area contributed by atoms with Crippen molar-refractivity contribution in [2.75, 3.05) is 6.54 Å². The van der Waals surface area contributed by atoms with Crippen LogP contribution < -0.4 is 4.72 Å². The van der Waals surface area contributed by atoms with Gasteiger partial charge < -0.3 is 4.74 Å². The molecule has 0 heterocycles. The fraction of sp³-hybridized carbons (Fsp3) is 0.263. The van der Waals surface area contributed by atoms with Crippen molar-refractivity contribution in [2.24, 2.45) is 0 Å². The van der Waals surface area contributed by atoms with E-state index < -0.39 is 34.5 Å². The van der Waals surface area contributed by atoms with Gasteiger partial charge in [-0.05, 0) is 43.2 Å².